The maximum Gasteiger partial charge on any atom is 0.290 e. The lowest BCUT2D eigenvalue weighted by Crippen LogP contribution is -2.02. The van der Waals surface area contributed by atoms with Gasteiger partial charge in [-0.3, -0.25) is 9.78 Å². The van der Waals surface area contributed by atoms with Crippen molar-refractivity contribution in [2.45, 2.75) is 39.0 Å². The van der Waals surface area contributed by atoms with Gasteiger partial charge < -0.3 is 15.2 Å². The van der Waals surface area contributed by atoms with Gasteiger partial charge in [0, 0.05) is 23.8 Å². The Labute approximate surface area is 137 Å². The van der Waals surface area contributed by atoms with Crippen LogP contribution in [0.25, 0.3) is 10.9 Å². The van der Waals surface area contributed by atoms with Crippen molar-refractivity contribution in [3.05, 3.63) is 30.5 Å². The van der Waals surface area contributed by atoms with Gasteiger partial charge in [0.15, 0.2) is 0 Å². The van der Waals surface area contributed by atoms with E-state index in [0.717, 1.165) is 28.9 Å². The minimum Gasteiger partial charge on any atom is -0.494 e. The zero-order valence-corrected chi connectivity index (χ0v) is 13.9. The standard InChI is InChI=1S/C17H24N2O.CH2O2/c1-3-4-5-6-7-12-18-15-11-13-19-17-14(15)9-8-10-16(17)20-2;2-1-3/h8-11,13H,3-7,12H2,1-2H3,(H,18,19);1H,(H,2,3). The Morgan fingerprint density at radius 2 is 1.96 bits per heavy atom. The van der Waals surface area contributed by atoms with E-state index in [-0.39, 0.29) is 6.47 Å². The maximum absolute atomic E-state index is 8.36. The first-order valence-electron chi connectivity index (χ1n) is 8.01. The van der Waals surface area contributed by atoms with Gasteiger partial charge in [0.1, 0.15) is 11.3 Å². The molecule has 1 aromatic heterocycles. The van der Waals surface area contributed by atoms with Crippen LogP contribution in [0.15, 0.2) is 30.5 Å². The molecule has 0 aliphatic carbocycles. The Hall–Kier alpha value is -2.30. The molecule has 0 fully saturated rings. The fourth-order valence-corrected chi connectivity index (χ4v) is 2.42. The molecule has 0 bridgehead atoms. The molecule has 0 aliphatic heterocycles. The highest BCUT2D eigenvalue weighted by molar-refractivity contribution is 5.94. The van der Waals surface area contributed by atoms with E-state index in [9.17, 15) is 0 Å². The summed E-state index contributed by atoms with van der Waals surface area (Å²) < 4.78 is 5.36. The van der Waals surface area contributed by atoms with Crippen LogP contribution in [-0.4, -0.2) is 30.2 Å². The summed E-state index contributed by atoms with van der Waals surface area (Å²) in [7, 11) is 1.68. The number of methoxy groups -OCH3 is 1. The monoisotopic (exact) mass is 318 g/mol. The quantitative estimate of drug-likeness (QED) is 0.560. The van der Waals surface area contributed by atoms with Crippen LogP contribution in [0.2, 0.25) is 0 Å². The molecular weight excluding hydrogens is 292 g/mol. The van der Waals surface area contributed by atoms with Crippen LogP contribution in [0.3, 0.4) is 0 Å². The maximum atomic E-state index is 8.36. The van der Waals surface area contributed by atoms with Crippen LogP contribution < -0.4 is 10.1 Å². The predicted molar refractivity (Wildman–Crippen MR) is 94.2 cm³/mol. The summed E-state index contributed by atoms with van der Waals surface area (Å²) in [5, 5.41) is 11.5. The van der Waals surface area contributed by atoms with Crippen LogP contribution >= 0.6 is 0 Å². The summed E-state index contributed by atoms with van der Waals surface area (Å²) in [6.45, 7) is 3.01. The third-order valence-corrected chi connectivity index (χ3v) is 3.55. The van der Waals surface area contributed by atoms with Crippen molar-refractivity contribution in [1.82, 2.24) is 4.98 Å². The number of hydrogen-bond donors (Lipinski definition) is 2. The summed E-state index contributed by atoms with van der Waals surface area (Å²) in [6, 6.07) is 8.08. The van der Waals surface area contributed by atoms with E-state index in [1.54, 1.807) is 7.11 Å². The Kier molecular flexibility index (Phi) is 9.20. The molecule has 2 aromatic rings. The van der Waals surface area contributed by atoms with Gasteiger partial charge in [-0.05, 0) is 18.6 Å². The van der Waals surface area contributed by atoms with Gasteiger partial charge in [-0.15, -0.1) is 0 Å². The normalized spacial score (nSPS) is 9.83. The molecule has 0 amide bonds. The lowest BCUT2D eigenvalue weighted by atomic mass is 10.1. The third-order valence-electron chi connectivity index (χ3n) is 3.55. The number of nitrogens with zero attached hydrogens (tertiary/aromatic N) is 1. The van der Waals surface area contributed by atoms with Gasteiger partial charge >= 0.3 is 0 Å². The van der Waals surface area contributed by atoms with Gasteiger partial charge in [0.25, 0.3) is 6.47 Å². The SMILES string of the molecule is CCCCCCCNc1ccnc2c(OC)cccc12.O=CO. The molecule has 0 saturated carbocycles. The van der Waals surface area contributed by atoms with Crippen molar-refractivity contribution in [2.75, 3.05) is 19.0 Å². The van der Waals surface area contributed by atoms with Crippen LogP contribution in [-0.2, 0) is 4.79 Å². The van der Waals surface area contributed by atoms with Crippen LogP contribution in [0, 0.1) is 0 Å². The largest absolute Gasteiger partial charge is 0.494 e. The van der Waals surface area contributed by atoms with Gasteiger partial charge in [-0.1, -0.05) is 44.7 Å². The number of unbranched alkanes of at least 4 members (excludes halogenated alkanes) is 4. The first kappa shape index (κ1) is 18.7. The molecule has 126 valence electrons. The van der Waals surface area contributed by atoms with Crippen molar-refractivity contribution < 1.29 is 14.6 Å². The van der Waals surface area contributed by atoms with Crippen molar-refractivity contribution in [2.24, 2.45) is 0 Å². The number of fused-ring (bicyclic) bond motifs is 1. The summed E-state index contributed by atoms with van der Waals surface area (Å²) >= 11 is 0. The average Bonchev–Trinajstić information content (AvgIpc) is 2.58. The Morgan fingerprint density at radius 3 is 2.65 bits per heavy atom. The predicted octanol–water partition coefficient (Wildman–Crippen LogP) is 4.33. The Balaban J connectivity index is 0.000000816. The second kappa shape index (κ2) is 11.3. The number of carboxylic acid groups (broad SMARTS) is 1. The number of benzene rings is 1. The summed E-state index contributed by atoms with van der Waals surface area (Å²) in [6.07, 6.45) is 8.33. The van der Waals surface area contributed by atoms with Crippen LogP contribution in [0.1, 0.15) is 39.0 Å². The molecule has 23 heavy (non-hydrogen) atoms. The molecular formula is C18H26N2O3. The van der Waals surface area contributed by atoms with Gasteiger partial charge in [0.2, 0.25) is 0 Å². The van der Waals surface area contributed by atoms with Crippen molar-refractivity contribution in [3.8, 4) is 5.75 Å². The highest BCUT2D eigenvalue weighted by Crippen LogP contribution is 2.28. The van der Waals surface area contributed by atoms with Gasteiger partial charge in [0.05, 0.1) is 7.11 Å². The summed E-state index contributed by atoms with van der Waals surface area (Å²) in [5.74, 6) is 0.828. The van der Waals surface area contributed by atoms with E-state index < -0.39 is 0 Å². The topological polar surface area (TPSA) is 71.5 Å². The van der Waals surface area contributed by atoms with E-state index in [1.807, 2.05) is 24.4 Å². The molecule has 0 saturated heterocycles. The molecule has 1 heterocycles. The van der Waals surface area contributed by atoms with E-state index in [1.165, 1.54) is 32.1 Å². The molecule has 0 spiro atoms. The molecule has 2 rings (SSSR count). The first-order valence-corrected chi connectivity index (χ1v) is 8.01. The smallest absolute Gasteiger partial charge is 0.290 e. The number of pyridine rings is 1. The number of para-hydroxylation sites is 1. The van der Waals surface area contributed by atoms with E-state index >= 15 is 0 Å². The second-order valence-electron chi connectivity index (χ2n) is 5.16. The first-order chi connectivity index (χ1) is 11.3. The highest BCUT2D eigenvalue weighted by atomic mass is 16.5. The fourth-order valence-electron chi connectivity index (χ4n) is 2.42. The van der Waals surface area contributed by atoms with Crippen molar-refractivity contribution in [3.63, 3.8) is 0 Å². The second-order valence-corrected chi connectivity index (χ2v) is 5.16. The summed E-state index contributed by atoms with van der Waals surface area (Å²) in [5.41, 5.74) is 2.07. The fraction of sp³-hybridized carbons (Fsp3) is 0.444. The number of ether oxygens (including phenoxy) is 1. The molecule has 0 unspecified atom stereocenters. The zero-order valence-electron chi connectivity index (χ0n) is 13.9. The number of nitrogens with one attached hydrogen (secondary N) is 1. The molecule has 0 atom stereocenters. The van der Waals surface area contributed by atoms with E-state index in [4.69, 9.17) is 14.6 Å². The average molecular weight is 318 g/mol. The molecule has 5 nitrogen and oxygen atoms in total. The lowest BCUT2D eigenvalue weighted by molar-refractivity contribution is -0.122. The Bertz CT molecular complexity index is 587. The Morgan fingerprint density at radius 1 is 1.22 bits per heavy atom. The van der Waals surface area contributed by atoms with Gasteiger partial charge in [-0.2, -0.15) is 0 Å². The minimum atomic E-state index is -0.250. The van der Waals surface area contributed by atoms with E-state index in [2.05, 4.69) is 23.3 Å². The van der Waals surface area contributed by atoms with Crippen molar-refractivity contribution >= 4 is 23.1 Å². The minimum absolute atomic E-state index is 0.250. The van der Waals surface area contributed by atoms with Crippen LogP contribution in [0.4, 0.5) is 5.69 Å². The van der Waals surface area contributed by atoms with E-state index in [0.29, 0.717) is 0 Å². The number of anilines is 1. The molecule has 1 aromatic carbocycles. The summed E-state index contributed by atoms with van der Waals surface area (Å²) in [4.78, 5) is 12.8. The molecule has 2 N–H and O–H groups in total. The number of aromatic nitrogens is 1. The molecule has 0 radical (unpaired) electrons. The van der Waals surface area contributed by atoms with Crippen LogP contribution in [0.5, 0.6) is 5.75 Å². The number of carbonyl (C=O) groups is 1. The zero-order chi connectivity index (χ0) is 16.9. The number of rotatable bonds is 8. The lowest BCUT2D eigenvalue weighted by Gasteiger charge is -2.11. The number of hydrogen-bond acceptors (Lipinski definition) is 4. The molecule has 5 heteroatoms. The highest BCUT2D eigenvalue weighted by Gasteiger charge is 2.05. The van der Waals surface area contributed by atoms with Crippen molar-refractivity contribution in [1.29, 1.82) is 0 Å². The molecule has 0 aliphatic rings. The van der Waals surface area contributed by atoms with Gasteiger partial charge in [-0.25, -0.2) is 0 Å². The third kappa shape index (κ3) is 6.14.